The van der Waals surface area contributed by atoms with Gasteiger partial charge in [-0.05, 0) is 55.2 Å². The molecule has 1 unspecified atom stereocenters. The second-order valence-corrected chi connectivity index (χ2v) is 6.50. The molecule has 1 aliphatic rings. The van der Waals surface area contributed by atoms with Gasteiger partial charge in [-0.1, -0.05) is 31.2 Å². The minimum atomic E-state index is -0.100. The summed E-state index contributed by atoms with van der Waals surface area (Å²) in [6.45, 7) is 2.03. The third kappa shape index (κ3) is 4.63. The van der Waals surface area contributed by atoms with Crippen molar-refractivity contribution in [2.45, 2.75) is 57.4 Å². The van der Waals surface area contributed by atoms with Gasteiger partial charge in [-0.2, -0.15) is 0 Å². The molecule has 1 aliphatic carbocycles. The van der Waals surface area contributed by atoms with Gasteiger partial charge < -0.3 is 5.32 Å². The van der Waals surface area contributed by atoms with Crippen LogP contribution in [0.15, 0.2) is 42.7 Å². The van der Waals surface area contributed by atoms with Gasteiger partial charge in [0.05, 0.1) is 6.04 Å². The molecule has 0 aliphatic heterocycles. The number of benzene rings is 1. The van der Waals surface area contributed by atoms with Crippen molar-refractivity contribution in [1.82, 2.24) is 15.3 Å². The quantitative estimate of drug-likeness (QED) is 0.800. The molecule has 1 atom stereocenters. The minimum absolute atomic E-state index is 0.0731. The highest BCUT2D eigenvalue weighted by molar-refractivity contribution is 5.76. The topological polar surface area (TPSA) is 54.9 Å². The lowest BCUT2D eigenvalue weighted by molar-refractivity contribution is -0.122. The second kappa shape index (κ2) is 8.04. The van der Waals surface area contributed by atoms with Gasteiger partial charge in [-0.3, -0.25) is 4.79 Å². The summed E-state index contributed by atoms with van der Waals surface area (Å²) in [7, 11) is 0. The summed E-state index contributed by atoms with van der Waals surface area (Å²) in [5.74, 6) is 1.56. The fraction of sp³-hybridized carbons (Fsp3) is 0.450. The predicted octanol–water partition coefficient (Wildman–Crippen LogP) is 3.94. The second-order valence-electron chi connectivity index (χ2n) is 6.50. The highest BCUT2D eigenvalue weighted by Gasteiger charge is 2.22. The van der Waals surface area contributed by atoms with Crippen molar-refractivity contribution in [2.75, 3.05) is 0 Å². The molecule has 0 radical (unpaired) electrons. The fourth-order valence-electron chi connectivity index (χ4n) is 2.93. The van der Waals surface area contributed by atoms with Gasteiger partial charge in [-0.25, -0.2) is 9.97 Å². The number of aryl methyl sites for hydroxylation is 1. The highest BCUT2D eigenvalue weighted by Crippen LogP contribution is 2.39. The molecule has 3 rings (SSSR count). The van der Waals surface area contributed by atoms with E-state index in [9.17, 15) is 4.79 Å². The van der Waals surface area contributed by atoms with Crippen LogP contribution in [0.3, 0.4) is 0 Å². The van der Waals surface area contributed by atoms with E-state index in [4.69, 9.17) is 0 Å². The molecule has 126 valence electrons. The maximum absolute atomic E-state index is 12.2. The lowest BCUT2D eigenvalue weighted by Crippen LogP contribution is -2.29. The Morgan fingerprint density at radius 3 is 2.54 bits per heavy atom. The van der Waals surface area contributed by atoms with E-state index in [0.717, 1.165) is 25.2 Å². The molecule has 1 saturated carbocycles. The maximum atomic E-state index is 12.2. The molecule has 1 aromatic carbocycles. The molecular formula is C20H25N3O. The van der Waals surface area contributed by atoms with Crippen LogP contribution in [0.1, 0.15) is 67.9 Å². The Morgan fingerprint density at radius 1 is 1.21 bits per heavy atom. The first-order chi connectivity index (χ1) is 11.8. The summed E-state index contributed by atoms with van der Waals surface area (Å²) in [6, 6.07) is 10.6. The number of aromatic nitrogens is 2. The van der Waals surface area contributed by atoms with Crippen LogP contribution in [0.5, 0.6) is 0 Å². The van der Waals surface area contributed by atoms with Crippen LogP contribution in [0, 0.1) is 0 Å². The summed E-state index contributed by atoms with van der Waals surface area (Å²) in [4.78, 5) is 20.6. The van der Waals surface area contributed by atoms with Crippen molar-refractivity contribution in [3.63, 3.8) is 0 Å². The van der Waals surface area contributed by atoms with E-state index in [1.165, 1.54) is 24.0 Å². The Balaban J connectivity index is 1.43. The first-order valence-corrected chi connectivity index (χ1v) is 8.91. The Morgan fingerprint density at radius 2 is 1.92 bits per heavy atom. The molecule has 4 nitrogen and oxygen atoms in total. The zero-order valence-electron chi connectivity index (χ0n) is 14.2. The standard InChI is InChI=1S/C20H25N3O/c1-2-18(20-21-13-4-14-22-20)23-19(24)6-3-5-15-7-9-16(10-8-15)17-11-12-17/h4,7-10,13-14,17-18H,2-3,5-6,11-12H2,1H3,(H,23,24). The summed E-state index contributed by atoms with van der Waals surface area (Å²) < 4.78 is 0. The monoisotopic (exact) mass is 323 g/mol. The number of amides is 1. The van der Waals surface area contributed by atoms with Crippen molar-refractivity contribution in [3.05, 3.63) is 59.7 Å². The van der Waals surface area contributed by atoms with Crippen LogP contribution < -0.4 is 5.32 Å². The highest BCUT2D eigenvalue weighted by atomic mass is 16.1. The van der Waals surface area contributed by atoms with Crippen LogP contribution >= 0.6 is 0 Å². The molecule has 1 amide bonds. The third-order valence-electron chi connectivity index (χ3n) is 4.54. The van der Waals surface area contributed by atoms with Crippen molar-refractivity contribution in [3.8, 4) is 0 Å². The van der Waals surface area contributed by atoms with E-state index in [2.05, 4.69) is 39.6 Å². The molecule has 1 N–H and O–H groups in total. The molecule has 0 bridgehead atoms. The zero-order chi connectivity index (χ0) is 16.8. The normalized spacial score (nSPS) is 15.0. The minimum Gasteiger partial charge on any atom is -0.346 e. The van der Waals surface area contributed by atoms with E-state index in [-0.39, 0.29) is 11.9 Å². The van der Waals surface area contributed by atoms with E-state index < -0.39 is 0 Å². The van der Waals surface area contributed by atoms with E-state index >= 15 is 0 Å². The lowest BCUT2D eigenvalue weighted by atomic mass is 10.0. The number of carbonyl (C=O) groups excluding carboxylic acids is 1. The van der Waals surface area contributed by atoms with E-state index in [1.807, 2.05) is 6.92 Å². The average molecular weight is 323 g/mol. The van der Waals surface area contributed by atoms with Crippen molar-refractivity contribution < 1.29 is 4.79 Å². The first kappa shape index (κ1) is 16.6. The molecule has 1 fully saturated rings. The van der Waals surface area contributed by atoms with Gasteiger partial charge in [0.1, 0.15) is 5.82 Å². The molecule has 1 heterocycles. The Bertz CT molecular complexity index is 650. The maximum Gasteiger partial charge on any atom is 0.220 e. The molecule has 24 heavy (non-hydrogen) atoms. The van der Waals surface area contributed by atoms with Crippen molar-refractivity contribution in [2.24, 2.45) is 0 Å². The molecule has 4 heteroatoms. The summed E-state index contributed by atoms with van der Waals surface area (Å²) in [5, 5.41) is 3.04. The number of nitrogens with one attached hydrogen (secondary N) is 1. The van der Waals surface area contributed by atoms with E-state index in [0.29, 0.717) is 12.2 Å². The molecule has 1 aromatic heterocycles. The number of rotatable bonds is 8. The van der Waals surface area contributed by atoms with Gasteiger partial charge in [0.15, 0.2) is 0 Å². The number of hydrogen-bond donors (Lipinski definition) is 1. The Kier molecular flexibility index (Phi) is 5.57. The summed E-state index contributed by atoms with van der Waals surface area (Å²) >= 11 is 0. The molecular weight excluding hydrogens is 298 g/mol. The van der Waals surface area contributed by atoms with Crippen LogP contribution in [0.2, 0.25) is 0 Å². The van der Waals surface area contributed by atoms with Gasteiger partial charge >= 0.3 is 0 Å². The SMILES string of the molecule is CCC(NC(=O)CCCc1ccc(C2CC2)cc1)c1ncccn1. The van der Waals surface area contributed by atoms with Crippen LogP contribution in [0.25, 0.3) is 0 Å². The van der Waals surface area contributed by atoms with Crippen molar-refractivity contribution >= 4 is 5.91 Å². The number of nitrogens with zero attached hydrogens (tertiary/aromatic N) is 2. The summed E-state index contributed by atoms with van der Waals surface area (Å²) in [6.07, 6.45) is 9.22. The van der Waals surface area contributed by atoms with Crippen LogP contribution in [0.4, 0.5) is 0 Å². The smallest absolute Gasteiger partial charge is 0.220 e. The van der Waals surface area contributed by atoms with Gasteiger partial charge in [0, 0.05) is 18.8 Å². The zero-order valence-corrected chi connectivity index (χ0v) is 14.2. The Labute approximate surface area is 143 Å². The van der Waals surface area contributed by atoms with Gasteiger partial charge in [0.25, 0.3) is 0 Å². The molecule has 2 aromatic rings. The summed E-state index contributed by atoms with van der Waals surface area (Å²) in [5.41, 5.74) is 2.77. The van der Waals surface area contributed by atoms with Crippen LogP contribution in [-0.4, -0.2) is 15.9 Å². The number of carbonyl (C=O) groups is 1. The van der Waals surface area contributed by atoms with Crippen LogP contribution in [-0.2, 0) is 11.2 Å². The largest absolute Gasteiger partial charge is 0.346 e. The first-order valence-electron chi connectivity index (χ1n) is 8.91. The van der Waals surface area contributed by atoms with Gasteiger partial charge in [0.2, 0.25) is 5.91 Å². The lowest BCUT2D eigenvalue weighted by Gasteiger charge is -2.15. The Hall–Kier alpha value is -2.23. The third-order valence-corrected chi connectivity index (χ3v) is 4.54. The predicted molar refractivity (Wildman–Crippen MR) is 94.6 cm³/mol. The molecule has 0 saturated heterocycles. The number of hydrogen-bond acceptors (Lipinski definition) is 3. The van der Waals surface area contributed by atoms with Crippen molar-refractivity contribution in [1.29, 1.82) is 0 Å². The average Bonchev–Trinajstić information content (AvgIpc) is 3.46. The molecule has 0 spiro atoms. The fourth-order valence-corrected chi connectivity index (χ4v) is 2.93. The van der Waals surface area contributed by atoms with Gasteiger partial charge in [-0.15, -0.1) is 0 Å². The van der Waals surface area contributed by atoms with E-state index in [1.54, 1.807) is 18.5 Å².